The van der Waals surface area contributed by atoms with Crippen LogP contribution < -0.4 is 0 Å². The number of methoxy groups -OCH3 is 1. The summed E-state index contributed by atoms with van der Waals surface area (Å²) in [5, 5.41) is 0. The van der Waals surface area contributed by atoms with Gasteiger partial charge in [0.25, 0.3) is 0 Å². The Labute approximate surface area is 138 Å². The Kier molecular flexibility index (Phi) is 7.08. The van der Waals surface area contributed by atoms with Crippen molar-refractivity contribution in [2.75, 3.05) is 20.3 Å². The van der Waals surface area contributed by atoms with Crippen LogP contribution in [0.15, 0.2) is 30.3 Å². The lowest BCUT2D eigenvalue weighted by Gasteiger charge is -2.19. The van der Waals surface area contributed by atoms with Crippen molar-refractivity contribution in [1.29, 1.82) is 0 Å². The highest BCUT2D eigenvalue weighted by atomic mass is 16.6. The van der Waals surface area contributed by atoms with Gasteiger partial charge in [-0.2, -0.15) is 0 Å². The van der Waals surface area contributed by atoms with E-state index in [9.17, 15) is 4.79 Å². The summed E-state index contributed by atoms with van der Waals surface area (Å²) in [6.45, 7) is 3.43. The molecule has 1 aromatic rings. The van der Waals surface area contributed by atoms with Gasteiger partial charge in [0, 0.05) is 13.0 Å². The van der Waals surface area contributed by atoms with Gasteiger partial charge in [-0.25, -0.2) is 0 Å². The topological polar surface area (TPSA) is 54.0 Å². The Morgan fingerprint density at radius 3 is 2.70 bits per heavy atom. The molecule has 0 saturated carbocycles. The summed E-state index contributed by atoms with van der Waals surface area (Å²) in [4.78, 5) is 12.0. The normalized spacial score (nSPS) is 27.0. The molecule has 1 saturated heterocycles. The van der Waals surface area contributed by atoms with Crippen LogP contribution in [-0.2, 0) is 30.3 Å². The molecule has 0 N–H and O–H groups in total. The van der Waals surface area contributed by atoms with Gasteiger partial charge < -0.3 is 18.9 Å². The van der Waals surface area contributed by atoms with Crippen molar-refractivity contribution >= 4 is 13.8 Å². The summed E-state index contributed by atoms with van der Waals surface area (Å²) in [5.41, 5.74) is 0.982. The van der Waals surface area contributed by atoms with Crippen molar-refractivity contribution < 1.29 is 23.7 Å². The minimum absolute atomic E-state index is 0.0166. The molecule has 2 rings (SSSR count). The van der Waals surface area contributed by atoms with Crippen molar-refractivity contribution in [3.8, 4) is 0 Å². The van der Waals surface area contributed by atoms with Crippen molar-refractivity contribution in [3.05, 3.63) is 35.9 Å². The number of ether oxygens (including phenoxy) is 4. The molecule has 0 spiro atoms. The molecule has 0 bridgehead atoms. The van der Waals surface area contributed by atoms with E-state index in [-0.39, 0.29) is 36.5 Å². The van der Waals surface area contributed by atoms with Gasteiger partial charge in [0.2, 0.25) is 0 Å². The summed E-state index contributed by atoms with van der Waals surface area (Å²) in [7, 11) is 3.62. The Bertz CT molecular complexity index is 481. The molecule has 0 radical (unpaired) electrons. The van der Waals surface area contributed by atoms with Crippen LogP contribution in [0.5, 0.6) is 0 Å². The van der Waals surface area contributed by atoms with Gasteiger partial charge in [-0.3, -0.25) is 4.79 Å². The summed E-state index contributed by atoms with van der Waals surface area (Å²) in [6.07, 6.45) is 0.0700. The largest absolute Gasteiger partial charge is 0.461 e. The molecule has 1 aromatic carbocycles. The van der Waals surface area contributed by atoms with Crippen LogP contribution in [-0.4, -0.2) is 52.4 Å². The smallest absolute Gasteiger partial charge is 0.308 e. The van der Waals surface area contributed by atoms with Crippen molar-refractivity contribution in [2.45, 2.75) is 38.2 Å². The molecule has 126 valence electrons. The second-order valence-electron chi connectivity index (χ2n) is 5.92. The first kappa shape index (κ1) is 18.0. The highest BCUT2D eigenvalue weighted by Gasteiger charge is 2.41. The van der Waals surface area contributed by atoms with Crippen LogP contribution in [0.1, 0.15) is 18.9 Å². The fourth-order valence-electron chi connectivity index (χ4n) is 2.87. The van der Waals surface area contributed by atoms with Gasteiger partial charge in [0.05, 0.1) is 37.8 Å². The number of hydrogen-bond acceptors (Lipinski definition) is 5. The predicted octanol–water partition coefficient (Wildman–Crippen LogP) is 1.15. The second kappa shape index (κ2) is 9.06. The fraction of sp³-hybridized carbons (Fsp3) is 0.588. The van der Waals surface area contributed by atoms with Crippen molar-refractivity contribution in [3.63, 3.8) is 0 Å². The Morgan fingerprint density at radius 2 is 2.00 bits per heavy atom. The van der Waals surface area contributed by atoms with Crippen LogP contribution in [0.4, 0.5) is 0 Å². The quantitative estimate of drug-likeness (QED) is 0.408. The molecule has 1 aliphatic rings. The average Bonchev–Trinajstić information content (AvgIpc) is 2.81. The second-order valence-corrected chi connectivity index (χ2v) is 5.92. The highest BCUT2D eigenvalue weighted by molar-refractivity contribution is 6.11. The molecule has 0 amide bonds. The summed E-state index contributed by atoms with van der Waals surface area (Å²) < 4.78 is 22.0. The van der Waals surface area contributed by atoms with Gasteiger partial charge in [0.15, 0.2) is 0 Å². The maximum absolute atomic E-state index is 12.0. The van der Waals surface area contributed by atoms with E-state index >= 15 is 0 Å². The molecule has 0 aliphatic carbocycles. The predicted molar refractivity (Wildman–Crippen MR) is 88.8 cm³/mol. The monoisotopic (exact) mass is 320 g/mol. The molecule has 1 heterocycles. The molecule has 5 nitrogen and oxygen atoms in total. The first-order chi connectivity index (χ1) is 11.1. The molecule has 1 aliphatic heterocycles. The van der Waals surface area contributed by atoms with E-state index in [0.29, 0.717) is 19.8 Å². The number of hydrogen-bond donors (Lipinski definition) is 0. The highest BCUT2D eigenvalue weighted by Crippen LogP contribution is 2.30. The Hall–Kier alpha value is -1.37. The first-order valence-corrected chi connectivity index (χ1v) is 8.07. The summed E-state index contributed by atoms with van der Waals surface area (Å²) >= 11 is 0. The van der Waals surface area contributed by atoms with E-state index in [0.717, 1.165) is 5.56 Å². The minimum atomic E-state index is -0.240. The molecule has 0 aromatic heterocycles. The number of benzene rings is 1. The Morgan fingerprint density at radius 1 is 1.26 bits per heavy atom. The summed E-state index contributed by atoms with van der Waals surface area (Å²) in [5.74, 6) is -0.0958. The van der Waals surface area contributed by atoms with Gasteiger partial charge in [-0.15, -0.1) is 0 Å². The van der Waals surface area contributed by atoms with Gasteiger partial charge in [-0.05, 0) is 5.56 Å². The summed E-state index contributed by atoms with van der Waals surface area (Å²) in [6, 6.07) is 9.62. The van der Waals surface area contributed by atoms with E-state index in [1.165, 1.54) is 0 Å². The van der Waals surface area contributed by atoms with Crippen LogP contribution in [0, 0.1) is 5.92 Å². The van der Waals surface area contributed by atoms with E-state index in [1.54, 1.807) is 7.11 Å². The fourth-order valence-corrected chi connectivity index (χ4v) is 2.87. The number of carbonyl (C=O) groups excluding carboxylic acids is 1. The molecular weight excluding hydrogens is 295 g/mol. The average molecular weight is 320 g/mol. The van der Waals surface area contributed by atoms with Crippen molar-refractivity contribution in [1.82, 2.24) is 0 Å². The zero-order valence-electron chi connectivity index (χ0n) is 14.1. The van der Waals surface area contributed by atoms with Crippen molar-refractivity contribution in [2.24, 2.45) is 5.92 Å². The van der Waals surface area contributed by atoms with Gasteiger partial charge in [0.1, 0.15) is 14.5 Å². The van der Waals surface area contributed by atoms with Gasteiger partial charge >= 0.3 is 5.97 Å². The number of esters is 1. The molecule has 1 unspecified atom stereocenters. The first-order valence-electron chi connectivity index (χ1n) is 8.07. The third-order valence-electron chi connectivity index (χ3n) is 4.17. The molecule has 4 atom stereocenters. The van der Waals surface area contributed by atoms with E-state index < -0.39 is 0 Å². The SMILES string of the molecule is B[C@@H]1O[C@H](CC(=O)OCc2ccccc2)[C@H](C)C1OCCOC. The molecular formula is C17H25BO5. The zero-order valence-corrected chi connectivity index (χ0v) is 14.1. The van der Waals surface area contributed by atoms with Crippen LogP contribution >= 0.6 is 0 Å². The maximum Gasteiger partial charge on any atom is 0.308 e. The van der Waals surface area contributed by atoms with Gasteiger partial charge in [-0.1, -0.05) is 37.3 Å². The lowest BCUT2D eigenvalue weighted by molar-refractivity contribution is -0.148. The van der Waals surface area contributed by atoms with E-state index in [1.807, 2.05) is 38.2 Å². The van der Waals surface area contributed by atoms with Crippen LogP contribution in [0.2, 0.25) is 0 Å². The zero-order chi connectivity index (χ0) is 16.7. The third-order valence-corrected chi connectivity index (χ3v) is 4.17. The van der Waals surface area contributed by atoms with E-state index in [2.05, 4.69) is 6.92 Å². The third kappa shape index (κ3) is 5.34. The minimum Gasteiger partial charge on any atom is -0.461 e. The maximum atomic E-state index is 12.0. The standard InChI is InChI=1S/C17H25BO5/c1-12-14(23-17(18)16(12)21-9-8-20-2)10-15(19)22-11-13-6-4-3-5-7-13/h3-7,12,14,16-17H,8-11,18H2,1-2H3/t12-,14+,16?,17+/m0/s1. The Balaban J connectivity index is 1.77. The van der Waals surface area contributed by atoms with Crippen LogP contribution in [0.25, 0.3) is 0 Å². The molecule has 6 heteroatoms. The lowest BCUT2D eigenvalue weighted by Crippen LogP contribution is -2.31. The molecule has 23 heavy (non-hydrogen) atoms. The molecule has 1 fully saturated rings. The van der Waals surface area contributed by atoms with E-state index in [4.69, 9.17) is 18.9 Å². The number of rotatable bonds is 8. The number of carbonyl (C=O) groups is 1. The van der Waals surface area contributed by atoms with Crippen LogP contribution in [0.3, 0.4) is 0 Å². The lowest BCUT2D eigenvalue weighted by atomic mass is 9.88.